The van der Waals surface area contributed by atoms with E-state index < -0.39 is 12.0 Å². The first kappa shape index (κ1) is 16.8. The number of rotatable bonds is 6. The van der Waals surface area contributed by atoms with Gasteiger partial charge in [0.2, 0.25) is 0 Å². The maximum Gasteiger partial charge on any atom is 0.0895 e. The molecule has 5 N–H and O–H groups in total. The molecule has 0 fully saturated rings. The summed E-state index contributed by atoms with van der Waals surface area (Å²) in [6.45, 7) is -0.331. The van der Waals surface area contributed by atoms with Gasteiger partial charge in [-0.05, 0) is 29.7 Å². The molecule has 0 radical (unpaired) electrons. The van der Waals surface area contributed by atoms with E-state index >= 15 is 0 Å². The Balaban J connectivity index is 1.96. The van der Waals surface area contributed by atoms with Gasteiger partial charge >= 0.3 is 0 Å². The highest BCUT2D eigenvalue weighted by atomic mass is 16.3. The van der Waals surface area contributed by atoms with Gasteiger partial charge in [0.05, 0.1) is 18.6 Å². The van der Waals surface area contributed by atoms with Crippen LogP contribution in [0.2, 0.25) is 0 Å². The van der Waals surface area contributed by atoms with Gasteiger partial charge in [-0.2, -0.15) is 0 Å². The molecule has 2 aromatic heterocycles. The van der Waals surface area contributed by atoms with E-state index in [1.165, 1.54) is 0 Å². The number of aliphatic hydroxyl groups is 3. The van der Waals surface area contributed by atoms with Crippen molar-refractivity contribution < 1.29 is 15.3 Å². The molecular formula is C21H22N2O3. The molecule has 0 saturated heterocycles. The molecule has 0 saturated carbocycles. The third-order valence-corrected chi connectivity index (χ3v) is 5.05. The van der Waals surface area contributed by atoms with Crippen molar-refractivity contribution in [1.29, 1.82) is 0 Å². The molecule has 2 heterocycles. The first-order valence-corrected chi connectivity index (χ1v) is 8.80. The molecule has 26 heavy (non-hydrogen) atoms. The topological polar surface area (TPSA) is 92.3 Å². The van der Waals surface area contributed by atoms with E-state index in [1.807, 2.05) is 54.7 Å². The van der Waals surface area contributed by atoms with Crippen LogP contribution in [-0.2, 0) is 6.42 Å². The molecule has 5 nitrogen and oxygen atoms in total. The number of para-hydroxylation sites is 2. The SMILES string of the molecule is OCCc1c([C@@H](c2c[nH]c3ccccc23)C(O)CO)[nH]c2ccccc12. The van der Waals surface area contributed by atoms with Gasteiger partial charge < -0.3 is 25.3 Å². The van der Waals surface area contributed by atoms with Crippen molar-refractivity contribution in [2.75, 3.05) is 13.2 Å². The van der Waals surface area contributed by atoms with Crippen LogP contribution in [0, 0.1) is 0 Å². The fraction of sp³-hybridized carbons (Fsp3) is 0.238. The van der Waals surface area contributed by atoms with E-state index in [-0.39, 0.29) is 13.2 Å². The maximum atomic E-state index is 10.7. The van der Waals surface area contributed by atoms with Crippen LogP contribution in [0.4, 0.5) is 0 Å². The van der Waals surface area contributed by atoms with Gasteiger partial charge in [-0.15, -0.1) is 0 Å². The Morgan fingerprint density at radius 2 is 1.58 bits per heavy atom. The molecule has 0 bridgehead atoms. The largest absolute Gasteiger partial charge is 0.396 e. The minimum Gasteiger partial charge on any atom is -0.396 e. The standard InChI is InChI=1S/C21H22N2O3/c24-10-9-15-13-5-2-4-8-18(13)23-21(15)20(19(26)12-25)16-11-22-17-7-3-1-6-14(16)17/h1-8,11,19-20,22-26H,9-10,12H2/t19?,20-/m0/s1. The third kappa shape index (κ3) is 2.70. The van der Waals surface area contributed by atoms with Crippen molar-refractivity contribution in [3.05, 3.63) is 71.5 Å². The number of aromatic nitrogens is 2. The number of hydrogen-bond donors (Lipinski definition) is 5. The number of fused-ring (bicyclic) bond motifs is 2. The van der Waals surface area contributed by atoms with Crippen molar-refractivity contribution in [3.63, 3.8) is 0 Å². The second-order valence-electron chi connectivity index (χ2n) is 6.55. The molecule has 2 aromatic carbocycles. The number of benzene rings is 2. The van der Waals surface area contributed by atoms with Crippen molar-refractivity contribution in [3.8, 4) is 0 Å². The lowest BCUT2D eigenvalue weighted by atomic mass is 9.87. The maximum absolute atomic E-state index is 10.7. The first-order valence-electron chi connectivity index (χ1n) is 8.80. The third-order valence-electron chi connectivity index (χ3n) is 5.05. The van der Waals surface area contributed by atoms with E-state index in [0.29, 0.717) is 6.42 Å². The smallest absolute Gasteiger partial charge is 0.0895 e. The summed E-state index contributed by atoms with van der Waals surface area (Å²) >= 11 is 0. The molecule has 2 atom stereocenters. The Labute approximate surface area is 150 Å². The molecule has 0 aliphatic carbocycles. The lowest BCUT2D eigenvalue weighted by Gasteiger charge is -2.22. The fourth-order valence-electron chi connectivity index (χ4n) is 3.88. The molecule has 0 aliphatic rings. The minimum atomic E-state index is -0.959. The van der Waals surface area contributed by atoms with Crippen molar-refractivity contribution in [2.45, 2.75) is 18.4 Å². The Bertz CT molecular complexity index is 1030. The molecule has 134 valence electrons. The highest BCUT2D eigenvalue weighted by molar-refractivity contribution is 5.87. The first-order chi connectivity index (χ1) is 12.7. The molecule has 5 heteroatoms. The van der Waals surface area contributed by atoms with E-state index in [2.05, 4.69) is 9.97 Å². The summed E-state index contributed by atoms with van der Waals surface area (Å²) in [5.41, 5.74) is 4.68. The van der Waals surface area contributed by atoms with Gasteiger partial charge in [0.25, 0.3) is 0 Å². The van der Waals surface area contributed by atoms with Crippen LogP contribution in [0.15, 0.2) is 54.7 Å². The van der Waals surface area contributed by atoms with Gasteiger partial charge in [-0.1, -0.05) is 36.4 Å². The monoisotopic (exact) mass is 350 g/mol. The zero-order valence-corrected chi connectivity index (χ0v) is 14.3. The Morgan fingerprint density at radius 3 is 2.31 bits per heavy atom. The number of H-pyrrole nitrogens is 2. The van der Waals surface area contributed by atoms with Crippen LogP contribution in [0.5, 0.6) is 0 Å². The van der Waals surface area contributed by atoms with E-state index in [9.17, 15) is 15.3 Å². The number of nitrogens with one attached hydrogen (secondary N) is 2. The molecule has 4 rings (SSSR count). The van der Waals surface area contributed by atoms with Crippen molar-refractivity contribution in [2.24, 2.45) is 0 Å². The zero-order chi connectivity index (χ0) is 18.1. The van der Waals surface area contributed by atoms with Gasteiger partial charge in [0.15, 0.2) is 0 Å². The number of aliphatic hydroxyl groups excluding tert-OH is 3. The summed E-state index contributed by atoms with van der Waals surface area (Å²) in [5.74, 6) is -0.426. The Hall–Kier alpha value is -2.60. The van der Waals surface area contributed by atoms with E-state index in [4.69, 9.17) is 0 Å². The highest BCUT2D eigenvalue weighted by Gasteiger charge is 2.29. The molecular weight excluding hydrogens is 328 g/mol. The summed E-state index contributed by atoms with van der Waals surface area (Å²) in [5, 5.41) is 32.0. The summed E-state index contributed by atoms with van der Waals surface area (Å²) in [4.78, 5) is 6.67. The molecule has 0 aliphatic heterocycles. The fourth-order valence-corrected chi connectivity index (χ4v) is 3.88. The minimum absolute atomic E-state index is 0.0185. The van der Waals surface area contributed by atoms with Crippen molar-refractivity contribution in [1.82, 2.24) is 9.97 Å². The molecule has 4 aromatic rings. The number of hydrogen-bond acceptors (Lipinski definition) is 3. The molecule has 0 spiro atoms. The van der Waals surface area contributed by atoms with Crippen LogP contribution in [0.1, 0.15) is 22.7 Å². The van der Waals surface area contributed by atoms with Gasteiger partial charge in [0, 0.05) is 40.3 Å². The van der Waals surface area contributed by atoms with E-state index in [0.717, 1.165) is 38.6 Å². The normalized spacial score (nSPS) is 14.1. The summed E-state index contributed by atoms with van der Waals surface area (Å²) < 4.78 is 0. The van der Waals surface area contributed by atoms with Crippen LogP contribution < -0.4 is 0 Å². The second-order valence-corrected chi connectivity index (χ2v) is 6.55. The highest BCUT2D eigenvalue weighted by Crippen LogP contribution is 2.37. The average molecular weight is 350 g/mol. The van der Waals surface area contributed by atoms with Crippen LogP contribution in [0.3, 0.4) is 0 Å². The van der Waals surface area contributed by atoms with E-state index in [1.54, 1.807) is 0 Å². The van der Waals surface area contributed by atoms with Crippen LogP contribution in [0.25, 0.3) is 21.8 Å². The zero-order valence-electron chi connectivity index (χ0n) is 14.3. The van der Waals surface area contributed by atoms with Crippen molar-refractivity contribution >= 4 is 21.8 Å². The second kappa shape index (κ2) is 6.96. The lowest BCUT2D eigenvalue weighted by Crippen LogP contribution is -2.24. The average Bonchev–Trinajstić information content (AvgIpc) is 3.25. The van der Waals surface area contributed by atoms with Gasteiger partial charge in [0.1, 0.15) is 0 Å². The summed E-state index contributed by atoms with van der Waals surface area (Å²) in [6, 6.07) is 15.8. The van der Waals surface area contributed by atoms with Gasteiger partial charge in [-0.3, -0.25) is 0 Å². The Kier molecular flexibility index (Phi) is 4.51. The lowest BCUT2D eigenvalue weighted by molar-refractivity contribution is 0.0816. The molecule has 0 amide bonds. The molecule has 1 unspecified atom stereocenters. The summed E-state index contributed by atoms with van der Waals surface area (Å²) in [7, 11) is 0. The van der Waals surface area contributed by atoms with Crippen LogP contribution >= 0.6 is 0 Å². The number of aromatic amines is 2. The summed E-state index contributed by atoms with van der Waals surface area (Å²) in [6.07, 6.45) is 1.42. The quantitative estimate of drug-likeness (QED) is 0.370. The van der Waals surface area contributed by atoms with Gasteiger partial charge in [-0.25, -0.2) is 0 Å². The predicted octanol–water partition coefficient (Wildman–Crippen LogP) is 2.67. The Morgan fingerprint density at radius 1 is 0.885 bits per heavy atom. The predicted molar refractivity (Wildman–Crippen MR) is 102 cm³/mol. The van der Waals surface area contributed by atoms with Crippen LogP contribution in [-0.4, -0.2) is 44.6 Å².